The van der Waals surface area contributed by atoms with Gasteiger partial charge in [-0.05, 0) is 0 Å². The van der Waals surface area contributed by atoms with E-state index in [0.29, 0.717) is 0 Å². The molecular formula is C10H17N3O6S. The van der Waals surface area contributed by atoms with E-state index in [1.54, 1.807) is 0 Å². The van der Waals surface area contributed by atoms with Gasteiger partial charge in [-0.3, -0.25) is 24.9 Å². The molecule has 9 nitrogen and oxygen atoms in total. The summed E-state index contributed by atoms with van der Waals surface area (Å²) in [6, 6.07) is -0.951. The molecule has 114 valence electrons. The quantitative estimate of drug-likeness (QED) is 0.175. The Morgan fingerprint density at radius 2 is 2.05 bits per heavy atom. The van der Waals surface area contributed by atoms with E-state index in [2.05, 4.69) is 28.0 Å². The summed E-state index contributed by atoms with van der Waals surface area (Å²) in [6.45, 7) is -0.366. The number of nitrogens with two attached hydrogens (primary N) is 1. The number of rotatable bonds is 10. The Morgan fingerprint density at radius 1 is 1.40 bits per heavy atom. The van der Waals surface area contributed by atoms with Crippen LogP contribution in [0.2, 0.25) is 0 Å². The molecule has 0 rings (SSSR count). The molecule has 0 aliphatic carbocycles. The number of ether oxygens (including phenoxy) is 1. The molecule has 0 aromatic carbocycles. The van der Waals surface area contributed by atoms with Crippen LogP contribution in [-0.4, -0.2) is 53.9 Å². The van der Waals surface area contributed by atoms with Crippen molar-refractivity contribution >= 4 is 36.9 Å². The van der Waals surface area contributed by atoms with Gasteiger partial charge in [0.1, 0.15) is 12.6 Å². The van der Waals surface area contributed by atoms with Gasteiger partial charge in [0, 0.05) is 18.6 Å². The van der Waals surface area contributed by atoms with Crippen LogP contribution in [0.3, 0.4) is 0 Å². The van der Waals surface area contributed by atoms with Gasteiger partial charge in [0.25, 0.3) is 6.47 Å². The molecule has 0 radical (unpaired) electrons. The van der Waals surface area contributed by atoms with Crippen molar-refractivity contribution in [3.63, 3.8) is 0 Å². The number of aliphatic carboxylic acids is 1. The Bertz CT molecular complexity index is 365. The van der Waals surface area contributed by atoms with Gasteiger partial charge in [-0.2, -0.15) is 12.6 Å². The van der Waals surface area contributed by atoms with E-state index < -0.39 is 36.6 Å². The van der Waals surface area contributed by atoms with Crippen molar-refractivity contribution in [1.29, 1.82) is 0 Å². The van der Waals surface area contributed by atoms with Crippen LogP contribution in [0.4, 0.5) is 0 Å². The standard InChI is InChI=1S/C10H17N3O6S/c11-7(19-5-14)1-2-8(15)13-6(4-20)10(18)12-3-9(16)17/h5-7,20H,1-4,11H2,(H,12,18)(H,13,15)(H,16,17)/t6-,7?/m0/s1. The SMILES string of the molecule is NC(CCC(=O)N[C@@H](CS)C(=O)NCC(=O)O)OC=O. The highest BCUT2D eigenvalue weighted by atomic mass is 32.1. The lowest BCUT2D eigenvalue weighted by Crippen LogP contribution is -2.49. The number of carboxylic acids is 1. The van der Waals surface area contributed by atoms with Crippen LogP contribution in [0.25, 0.3) is 0 Å². The Hall–Kier alpha value is -1.81. The van der Waals surface area contributed by atoms with E-state index in [4.69, 9.17) is 10.8 Å². The van der Waals surface area contributed by atoms with E-state index in [1.807, 2.05) is 0 Å². The predicted molar refractivity (Wildman–Crippen MR) is 70.8 cm³/mol. The summed E-state index contributed by atoms with van der Waals surface area (Å²) in [5, 5.41) is 12.9. The Balaban J connectivity index is 4.14. The van der Waals surface area contributed by atoms with Crippen molar-refractivity contribution in [3.05, 3.63) is 0 Å². The smallest absolute Gasteiger partial charge is 0.322 e. The Labute approximate surface area is 120 Å². The molecule has 1 unspecified atom stereocenters. The predicted octanol–water partition coefficient (Wildman–Crippen LogP) is -2.16. The molecule has 2 atom stereocenters. The van der Waals surface area contributed by atoms with Gasteiger partial charge in [0.2, 0.25) is 11.8 Å². The van der Waals surface area contributed by atoms with Gasteiger partial charge in [0.05, 0.1) is 0 Å². The third-order valence-electron chi connectivity index (χ3n) is 2.13. The molecule has 0 bridgehead atoms. The molecule has 2 amide bonds. The Kier molecular flexibility index (Phi) is 9.13. The second-order valence-electron chi connectivity index (χ2n) is 3.72. The number of amides is 2. The minimum Gasteiger partial charge on any atom is -0.480 e. The first-order valence-electron chi connectivity index (χ1n) is 5.65. The molecule has 0 aromatic heterocycles. The summed E-state index contributed by atoms with van der Waals surface area (Å²) in [5.41, 5.74) is 5.34. The van der Waals surface area contributed by atoms with Crippen molar-refractivity contribution in [3.8, 4) is 0 Å². The zero-order valence-corrected chi connectivity index (χ0v) is 11.5. The molecule has 0 heterocycles. The molecule has 0 saturated carbocycles. The van der Waals surface area contributed by atoms with Gasteiger partial charge in [0.15, 0.2) is 6.23 Å². The maximum atomic E-state index is 11.5. The molecule has 0 spiro atoms. The van der Waals surface area contributed by atoms with Crippen molar-refractivity contribution in [2.75, 3.05) is 12.3 Å². The molecule has 0 aliphatic rings. The van der Waals surface area contributed by atoms with Crippen molar-refractivity contribution < 1.29 is 29.0 Å². The van der Waals surface area contributed by atoms with Crippen LogP contribution >= 0.6 is 12.6 Å². The lowest BCUT2D eigenvalue weighted by molar-refractivity contribution is -0.138. The van der Waals surface area contributed by atoms with E-state index in [1.165, 1.54) is 0 Å². The second kappa shape index (κ2) is 10.0. The highest BCUT2D eigenvalue weighted by Gasteiger charge is 2.20. The summed E-state index contributed by atoms with van der Waals surface area (Å²) >= 11 is 3.90. The molecule has 0 fully saturated rings. The zero-order chi connectivity index (χ0) is 15.5. The fourth-order valence-electron chi connectivity index (χ4n) is 1.16. The summed E-state index contributed by atoms with van der Waals surface area (Å²) in [7, 11) is 0. The summed E-state index contributed by atoms with van der Waals surface area (Å²) in [6.07, 6.45) is -0.847. The van der Waals surface area contributed by atoms with Gasteiger partial charge in [-0.1, -0.05) is 0 Å². The fourth-order valence-corrected chi connectivity index (χ4v) is 1.42. The minimum atomic E-state index is -1.19. The molecule has 5 N–H and O–H groups in total. The number of thiol groups is 1. The largest absolute Gasteiger partial charge is 0.480 e. The van der Waals surface area contributed by atoms with Gasteiger partial charge in [-0.25, -0.2) is 0 Å². The highest BCUT2D eigenvalue weighted by Crippen LogP contribution is 1.97. The van der Waals surface area contributed by atoms with E-state index in [0.717, 1.165) is 0 Å². The van der Waals surface area contributed by atoms with Crippen LogP contribution in [0.5, 0.6) is 0 Å². The average molecular weight is 307 g/mol. The first-order valence-corrected chi connectivity index (χ1v) is 6.28. The minimum absolute atomic E-state index is 0.00802. The number of carbonyl (C=O) groups is 4. The molecule has 0 aromatic rings. The highest BCUT2D eigenvalue weighted by molar-refractivity contribution is 7.80. The number of hydrogen-bond donors (Lipinski definition) is 5. The first-order chi connectivity index (χ1) is 9.40. The average Bonchev–Trinajstić information content (AvgIpc) is 2.40. The van der Waals surface area contributed by atoms with Crippen molar-refractivity contribution in [2.45, 2.75) is 25.1 Å². The summed E-state index contributed by atoms with van der Waals surface area (Å²) in [4.78, 5) is 43.3. The topological polar surface area (TPSA) is 148 Å². The number of nitrogens with one attached hydrogen (secondary N) is 2. The second-order valence-corrected chi connectivity index (χ2v) is 4.09. The van der Waals surface area contributed by atoms with Crippen molar-refractivity contribution in [1.82, 2.24) is 10.6 Å². The summed E-state index contributed by atoms with van der Waals surface area (Å²) in [5.74, 6) is -2.32. The van der Waals surface area contributed by atoms with Gasteiger partial charge >= 0.3 is 5.97 Å². The maximum absolute atomic E-state index is 11.5. The third-order valence-corrected chi connectivity index (χ3v) is 2.50. The van der Waals surface area contributed by atoms with Crippen LogP contribution in [0.1, 0.15) is 12.8 Å². The van der Waals surface area contributed by atoms with E-state index in [-0.39, 0.29) is 25.1 Å². The number of hydrogen-bond acceptors (Lipinski definition) is 7. The molecule has 20 heavy (non-hydrogen) atoms. The monoisotopic (exact) mass is 307 g/mol. The Morgan fingerprint density at radius 3 is 2.55 bits per heavy atom. The molecule has 10 heteroatoms. The zero-order valence-electron chi connectivity index (χ0n) is 10.6. The number of carboxylic acid groups (broad SMARTS) is 1. The molecule has 0 saturated heterocycles. The first kappa shape index (κ1) is 18.2. The van der Waals surface area contributed by atoms with E-state index >= 15 is 0 Å². The third kappa shape index (κ3) is 8.32. The number of carbonyl (C=O) groups excluding carboxylic acids is 3. The molecule has 0 aliphatic heterocycles. The normalized spacial score (nSPS) is 12.9. The van der Waals surface area contributed by atoms with Crippen LogP contribution in [0.15, 0.2) is 0 Å². The van der Waals surface area contributed by atoms with Crippen molar-refractivity contribution in [2.24, 2.45) is 5.73 Å². The van der Waals surface area contributed by atoms with Gasteiger partial charge < -0.3 is 20.5 Å². The van der Waals surface area contributed by atoms with Gasteiger partial charge in [-0.15, -0.1) is 0 Å². The van der Waals surface area contributed by atoms with Crippen LogP contribution in [0, 0.1) is 0 Å². The lowest BCUT2D eigenvalue weighted by Gasteiger charge is -2.16. The lowest BCUT2D eigenvalue weighted by atomic mass is 10.2. The fraction of sp³-hybridized carbons (Fsp3) is 0.600. The van der Waals surface area contributed by atoms with Crippen LogP contribution < -0.4 is 16.4 Å². The van der Waals surface area contributed by atoms with E-state index in [9.17, 15) is 19.2 Å². The summed E-state index contributed by atoms with van der Waals surface area (Å²) < 4.78 is 4.39. The molecular weight excluding hydrogens is 290 g/mol. The van der Waals surface area contributed by atoms with Crippen LogP contribution in [-0.2, 0) is 23.9 Å². The maximum Gasteiger partial charge on any atom is 0.322 e.